The first-order chi connectivity index (χ1) is 9.53. The maximum absolute atomic E-state index is 12.7. The second kappa shape index (κ2) is 3.96. The first-order valence-electron chi connectivity index (χ1n) is 6.95. The van der Waals surface area contributed by atoms with E-state index in [9.17, 15) is 13.2 Å². The summed E-state index contributed by atoms with van der Waals surface area (Å²) in [7, 11) is 0. The van der Waals surface area contributed by atoms with E-state index >= 15 is 0 Å². The van der Waals surface area contributed by atoms with E-state index in [2.05, 4.69) is 10.1 Å². The Morgan fingerprint density at radius 1 is 1.10 bits per heavy atom. The molecule has 0 N–H and O–H groups in total. The Bertz CT molecular complexity index is 666. The molecule has 0 unspecified atom stereocenters. The lowest BCUT2D eigenvalue weighted by Gasteiger charge is -2.07. The lowest BCUT2D eigenvalue weighted by molar-refractivity contribution is -0.141. The molecule has 2 aliphatic rings. The van der Waals surface area contributed by atoms with Gasteiger partial charge in [0.15, 0.2) is 0 Å². The standard InChI is InChI=1S/C14H14F3N3/c15-14(16,17)7-20-10-5-6-18-12(8-1-2-8)11(10)13(19-20)9-3-4-9/h5-6,8-9H,1-4,7H2. The maximum atomic E-state index is 12.7. The minimum absolute atomic E-state index is 0.327. The molecule has 2 aromatic rings. The SMILES string of the molecule is FC(F)(F)Cn1nc(C2CC2)c2c(C3CC3)nccc21. The monoisotopic (exact) mass is 281 g/mol. The van der Waals surface area contributed by atoms with Crippen LogP contribution >= 0.6 is 0 Å². The number of halogens is 3. The van der Waals surface area contributed by atoms with Gasteiger partial charge in [0.25, 0.3) is 0 Å². The summed E-state index contributed by atoms with van der Waals surface area (Å²) < 4.78 is 39.2. The van der Waals surface area contributed by atoms with Crippen molar-refractivity contribution in [1.82, 2.24) is 14.8 Å². The Balaban J connectivity index is 1.90. The lowest BCUT2D eigenvalue weighted by atomic mass is 10.1. The molecule has 2 heterocycles. The molecular formula is C14H14F3N3. The van der Waals surface area contributed by atoms with Crippen molar-refractivity contribution in [1.29, 1.82) is 0 Å². The zero-order chi connectivity index (χ0) is 13.9. The van der Waals surface area contributed by atoms with Crippen molar-refractivity contribution in [2.24, 2.45) is 0 Å². The highest BCUT2D eigenvalue weighted by Crippen LogP contribution is 2.48. The number of pyridine rings is 1. The van der Waals surface area contributed by atoms with Gasteiger partial charge < -0.3 is 0 Å². The van der Waals surface area contributed by atoms with Crippen LogP contribution in [0.25, 0.3) is 10.9 Å². The lowest BCUT2D eigenvalue weighted by Crippen LogP contribution is -2.18. The van der Waals surface area contributed by atoms with E-state index in [1.807, 2.05) is 0 Å². The molecule has 2 aromatic heterocycles. The molecule has 0 bridgehead atoms. The molecule has 0 atom stereocenters. The topological polar surface area (TPSA) is 30.7 Å². The normalized spacial score (nSPS) is 19.8. The van der Waals surface area contributed by atoms with E-state index in [0.717, 1.165) is 47.1 Å². The van der Waals surface area contributed by atoms with E-state index in [1.54, 1.807) is 12.3 Å². The predicted molar refractivity (Wildman–Crippen MR) is 67.5 cm³/mol. The Hall–Kier alpha value is -1.59. The Kier molecular flexibility index (Phi) is 2.41. The average molecular weight is 281 g/mol. The van der Waals surface area contributed by atoms with Crippen molar-refractivity contribution in [3.05, 3.63) is 23.7 Å². The van der Waals surface area contributed by atoms with Gasteiger partial charge in [-0.15, -0.1) is 0 Å². The predicted octanol–water partition coefficient (Wildman–Crippen LogP) is 3.75. The summed E-state index contributed by atoms with van der Waals surface area (Å²) in [6.07, 6.45) is 1.58. The van der Waals surface area contributed by atoms with Crippen molar-refractivity contribution < 1.29 is 13.2 Å². The van der Waals surface area contributed by atoms with Gasteiger partial charge in [-0.1, -0.05) is 0 Å². The van der Waals surface area contributed by atoms with Crippen molar-refractivity contribution >= 4 is 10.9 Å². The van der Waals surface area contributed by atoms with Crippen LogP contribution in [-0.2, 0) is 6.54 Å². The minimum Gasteiger partial charge on any atom is -0.260 e. The molecule has 2 fully saturated rings. The molecule has 0 amide bonds. The number of nitrogens with zero attached hydrogens (tertiary/aromatic N) is 3. The third-order valence-corrected chi connectivity index (χ3v) is 3.98. The molecule has 2 aliphatic carbocycles. The molecule has 4 rings (SSSR count). The van der Waals surface area contributed by atoms with Gasteiger partial charge in [-0.25, -0.2) is 0 Å². The van der Waals surface area contributed by atoms with Crippen molar-refractivity contribution in [3.63, 3.8) is 0 Å². The quantitative estimate of drug-likeness (QED) is 0.858. The fourth-order valence-corrected chi connectivity index (χ4v) is 2.78. The zero-order valence-corrected chi connectivity index (χ0v) is 10.8. The first-order valence-corrected chi connectivity index (χ1v) is 6.95. The van der Waals surface area contributed by atoms with Crippen LogP contribution in [0.3, 0.4) is 0 Å². The third kappa shape index (κ3) is 2.07. The second-order valence-corrected chi connectivity index (χ2v) is 5.80. The van der Waals surface area contributed by atoms with Gasteiger partial charge in [-0.2, -0.15) is 18.3 Å². The molecule has 3 nitrogen and oxygen atoms in total. The number of rotatable bonds is 3. The summed E-state index contributed by atoms with van der Waals surface area (Å²) in [5.41, 5.74) is 2.37. The van der Waals surface area contributed by atoms with Gasteiger partial charge in [0, 0.05) is 23.4 Å². The second-order valence-electron chi connectivity index (χ2n) is 5.80. The van der Waals surface area contributed by atoms with Crippen molar-refractivity contribution in [2.45, 2.75) is 50.2 Å². The van der Waals surface area contributed by atoms with Gasteiger partial charge >= 0.3 is 6.18 Å². The Morgan fingerprint density at radius 2 is 1.75 bits per heavy atom. The molecular weight excluding hydrogens is 267 g/mol. The van der Waals surface area contributed by atoms with Crippen LogP contribution in [0.5, 0.6) is 0 Å². The highest BCUT2D eigenvalue weighted by atomic mass is 19.4. The van der Waals surface area contributed by atoms with Gasteiger partial charge in [-0.05, 0) is 31.7 Å². The average Bonchev–Trinajstić information content (AvgIpc) is 3.25. The highest BCUT2D eigenvalue weighted by Gasteiger charge is 2.36. The van der Waals surface area contributed by atoms with Gasteiger partial charge in [0.1, 0.15) is 6.54 Å². The minimum atomic E-state index is -4.25. The van der Waals surface area contributed by atoms with E-state index in [-0.39, 0.29) is 0 Å². The van der Waals surface area contributed by atoms with E-state index < -0.39 is 12.7 Å². The smallest absolute Gasteiger partial charge is 0.260 e. The summed E-state index contributed by atoms with van der Waals surface area (Å²) >= 11 is 0. The van der Waals surface area contributed by atoms with Crippen LogP contribution < -0.4 is 0 Å². The van der Waals surface area contributed by atoms with Crippen molar-refractivity contribution in [3.8, 4) is 0 Å². The molecule has 2 saturated carbocycles. The molecule has 0 radical (unpaired) electrons. The molecule has 0 aliphatic heterocycles. The van der Waals surface area contributed by atoms with Crippen LogP contribution in [0, 0.1) is 0 Å². The van der Waals surface area contributed by atoms with Gasteiger partial charge in [0.2, 0.25) is 0 Å². The number of hydrogen-bond acceptors (Lipinski definition) is 2. The van der Waals surface area contributed by atoms with Crippen LogP contribution in [0.4, 0.5) is 13.2 Å². The molecule has 0 spiro atoms. The van der Waals surface area contributed by atoms with Crippen LogP contribution in [0.15, 0.2) is 12.3 Å². The van der Waals surface area contributed by atoms with E-state index in [0.29, 0.717) is 17.4 Å². The first kappa shape index (κ1) is 12.2. The highest BCUT2D eigenvalue weighted by molar-refractivity contribution is 5.85. The number of alkyl halides is 3. The number of aromatic nitrogens is 3. The molecule has 0 aromatic carbocycles. The molecule has 20 heavy (non-hydrogen) atoms. The Morgan fingerprint density at radius 3 is 2.35 bits per heavy atom. The maximum Gasteiger partial charge on any atom is 0.408 e. The largest absolute Gasteiger partial charge is 0.408 e. The number of hydrogen-bond donors (Lipinski definition) is 0. The molecule has 0 saturated heterocycles. The van der Waals surface area contributed by atoms with Crippen LogP contribution in [-0.4, -0.2) is 20.9 Å². The van der Waals surface area contributed by atoms with Gasteiger partial charge in [-0.3, -0.25) is 9.67 Å². The molecule has 106 valence electrons. The fraction of sp³-hybridized carbons (Fsp3) is 0.571. The Labute approximate surface area is 113 Å². The van der Waals surface area contributed by atoms with E-state index in [4.69, 9.17) is 0 Å². The van der Waals surface area contributed by atoms with Crippen LogP contribution in [0.1, 0.15) is 48.9 Å². The van der Waals surface area contributed by atoms with Crippen molar-refractivity contribution in [2.75, 3.05) is 0 Å². The summed E-state index contributed by atoms with van der Waals surface area (Å²) in [5.74, 6) is 0.744. The zero-order valence-electron chi connectivity index (χ0n) is 10.8. The fourth-order valence-electron chi connectivity index (χ4n) is 2.78. The summed E-state index contributed by atoms with van der Waals surface area (Å²) in [6, 6.07) is 1.66. The molecule has 6 heteroatoms. The summed E-state index contributed by atoms with van der Waals surface area (Å²) in [6.45, 7) is -1.02. The summed E-state index contributed by atoms with van der Waals surface area (Å²) in [5, 5.41) is 5.15. The van der Waals surface area contributed by atoms with E-state index in [1.165, 1.54) is 0 Å². The third-order valence-electron chi connectivity index (χ3n) is 3.98. The van der Waals surface area contributed by atoms with Gasteiger partial charge in [0.05, 0.1) is 16.9 Å². The van der Waals surface area contributed by atoms with Crippen LogP contribution in [0.2, 0.25) is 0 Å². The summed E-state index contributed by atoms with van der Waals surface area (Å²) in [4.78, 5) is 4.41. The number of fused-ring (bicyclic) bond motifs is 1.